The van der Waals surface area contributed by atoms with Crippen molar-refractivity contribution in [1.82, 2.24) is 5.32 Å². The average molecular weight is 326 g/mol. The van der Waals surface area contributed by atoms with Crippen LogP contribution in [0.4, 0.5) is 0 Å². The predicted octanol–water partition coefficient (Wildman–Crippen LogP) is 2.63. The Kier molecular flexibility index (Phi) is 4.99. The third-order valence-electron chi connectivity index (χ3n) is 3.80. The molecule has 19 heavy (non-hydrogen) atoms. The van der Waals surface area contributed by atoms with Crippen molar-refractivity contribution in [3.63, 3.8) is 0 Å². The number of rotatable bonds is 4. The first kappa shape index (κ1) is 14.5. The van der Waals surface area contributed by atoms with E-state index in [0.717, 1.165) is 26.1 Å². The maximum Gasteiger partial charge on any atom is 0.233 e. The molecule has 1 aromatic carbocycles. The van der Waals surface area contributed by atoms with Gasteiger partial charge in [-0.3, -0.25) is 4.79 Å². The summed E-state index contributed by atoms with van der Waals surface area (Å²) in [5, 5.41) is 3.05. The van der Waals surface area contributed by atoms with Gasteiger partial charge in [0.05, 0.1) is 4.83 Å². The monoisotopic (exact) mass is 325 g/mol. The molecule has 0 spiro atoms. The van der Waals surface area contributed by atoms with E-state index >= 15 is 0 Å². The number of alkyl halides is 1. The van der Waals surface area contributed by atoms with E-state index in [4.69, 9.17) is 4.74 Å². The van der Waals surface area contributed by atoms with Crippen molar-refractivity contribution >= 4 is 21.8 Å². The molecule has 4 heteroatoms. The van der Waals surface area contributed by atoms with Crippen LogP contribution in [-0.4, -0.2) is 30.5 Å². The highest BCUT2D eigenvalue weighted by Gasteiger charge is 2.34. The summed E-state index contributed by atoms with van der Waals surface area (Å²) in [6.45, 7) is 4.03. The second kappa shape index (κ2) is 6.53. The van der Waals surface area contributed by atoms with Crippen LogP contribution < -0.4 is 5.32 Å². The van der Waals surface area contributed by atoms with Gasteiger partial charge in [-0.1, -0.05) is 46.3 Å². The maximum absolute atomic E-state index is 11.8. The number of nitrogens with one attached hydrogen (secondary N) is 1. The highest BCUT2D eigenvalue weighted by molar-refractivity contribution is 9.10. The van der Waals surface area contributed by atoms with Crippen LogP contribution in [0.2, 0.25) is 0 Å². The summed E-state index contributed by atoms with van der Waals surface area (Å²) in [6.07, 6.45) is 1.90. The van der Waals surface area contributed by atoms with Gasteiger partial charge in [-0.2, -0.15) is 0 Å². The molecule has 1 saturated heterocycles. The molecule has 1 aliphatic rings. The van der Waals surface area contributed by atoms with E-state index in [1.54, 1.807) is 0 Å². The fourth-order valence-corrected chi connectivity index (χ4v) is 2.68. The second-order valence-electron chi connectivity index (χ2n) is 5.09. The molecule has 2 rings (SSSR count). The second-order valence-corrected chi connectivity index (χ2v) is 6.47. The van der Waals surface area contributed by atoms with E-state index in [1.165, 1.54) is 5.56 Å². The van der Waals surface area contributed by atoms with Crippen LogP contribution in [0, 0.1) is 0 Å². The van der Waals surface area contributed by atoms with E-state index in [-0.39, 0.29) is 16.1 Å². The van der Waals surface area contributed by atoms with Gasteiger partial charge in [-0.05, 0) is 25.3 Å². The summed E-state index contributed by atoms with van der Waals surface area (Å²) in [4.78, 5) is 11.6. The van der Waals surface area contributed by atoms with Crippen LogP contribution in [0.5, 0.6) is 0 Å². The third kappa shape index (κ3) is 3.57. The van der Waals surface area contributed by atoms with E-state index in [2.05, 4.69) is 45.5 Å². The Morgan fingerprint density at radius 1 is 1.37 bits per heavy atom. The first-order valence-electron chi connectivity index (χ1n) is 6.69. The van der Waals surface area contributed by atoms with Gasteiger partial charge in [0.2, 0.25) is 5.91 Å². The summed E-state index contributed by atoms with van der Waals surface area (Å²) in [6, 6.07) is 10.4. The number of carbonyl (C=O) groups is 1. The predicted molar refractivity (Wildman–Crippen MR) is 79.6 cm³/mol. The van der Waals surface area contributed by atoms with Gasteiger partial charge < -0.3 is 10.1 Å². The zero-order valence-corrected chi connectivity index (χ0v) is 12.8. The summed E-state index contributed by atoms with van der Waals surface area (Å²) in [5.41, 5.74) is 1.30. The lowest BCUT2D eigenvalue weighted by Crippen LogP contribution is -2.45. The number of amides is 1. The molecule has 1 atom stereocenters. The Labute approximate surface area is 122 Å². The highest BCUT2D eigenvalue weighted by Crippen LogP contribution is 2.34. The minimum Gasteiger partial charge on any atom is -0.381 e. The number of hydrogen-bond acceptors (Lipinski definition) is 2. The van der Waals surface area contributed by atoms with Gasteiger partial charge in [0, 0.05) is 25.2 Å². The molecule has 1 aromatic rings. The third-order valence-corrected chi connectivity index (χ3v) is 4.21. The van der Waals surface area contributed by atoms with E-state index in [0.29, 0.717) is 6.54 Å². The molecule has 0 bridgehead atoms. The van der Waals surface area contributed by atoms with Crippen molar-refractivity contribution in [3.05, 3.63) is 35.9 Å². The summed E-state index contributed by atoms with van der Waals surface area (Å²) < 4.78 is 5.48. The van der Waals surface area contributed by atoms with Crippen LogP contribution in [0.3, 0.4) is 0 Å². The number of ether oxygens (including phenoxy) is 1. The topological polar surface area (TPSA) is 38.3 Å². The Balaban J connectivity index is 2.14. The summed E-state index contributed by atoms with van der Waals surface area (Å²) >= 11 is 3.30. The van der Waals surface area contributed by atoms with E-state index < -0.39 is 0 Å². The number of carbonyl (C=O) groups excluding carboxylic acids is 1. The Morgan fingerprint density at radius 2 is 2.00 bits per heavy atom. The Bertz CT molecular complexity index is 413. The Hall–Kier alpha value is -0.870. The lowest BCUT2D eigenvalue weighted by atomic mass is 9.74. The van der Waals surface area contributed by atoms with Crippen LogP contribution in [0.25, 0.3) is 0 Å². The fraction of sp³-hybridized carbons (Fsp3) is 0.533. The van der Waals surface area contributed by atoms with E-state index in [1.807, 2.05) is 13.0 Å². The van der Waals surface area contributed by atoms with Crippen molar-refractivity contribution in [1.29, 1.82) is 0 Å². The first-order valence-corrected chi connectivity index (χ1v) is 7.61. The quantitative estimate of drug-likeness (QED) is 0.864. The molecule has 0 unspecified atom stereocenters. The van der Waals surface area contributed by atoms with Gasteiger partial charge in [-0.15, -0.1) is 0 Å². The average Bonchev–Trinajstić information content (AvgIpc) is 2.46. The van der Waals surface area contributed by atoms with E-state index in [9.17, 15) is 4.79 Å². The molecule has 1 amide bonds. The van der Waals surface area contributed by atoms with Crippen LogP contribution in [-0.2, 0) is 14.9 Å². The van der Waals surface area contributed by atoms with Crippen molar-refractivity contribution < 1.29 is 9.53 Å². The minimum absolute atomic E-state index is 0.0110. The molecule has 1 fully saturated rings. The molecular formula is C15H20BrNO2. The van der Waals surface area contributed by atoms with Crippen LogP contribution in [0.1, 0.15) is 25.3 Å². The standard InChI is InChI=1S/C15H20BrNO2/c1-12(16)14(18)17-11-15(7-9-19-10-8-15)13-5-3-2-4-6-13/h2-6,12H,7-11H2,1H3,(H,17,18)/t12-/m0/s1. The van der Waals surface area contributed by atoms with Crippen molar-refractivity contribution in [2.75, 3.05) is 19.8 Å². The summed E-state index contributed by atoms with van der Waals surface area (Å²) in [5.74, 6) is 0.0433. The SMILES string of the molecule is C[C@H](Br)C(=O)NCC1(c2ccccc2)CCOCC1. The fourth-order valence-electron chi connectivity index (χ4n) is 2.52. The van der Waals surface area contributed by atoms with Crippen molar-refractivity contribution in [2.24, 2.45) is 0 Å². The highest BCUT2D eigenvalue weighted by atomic mass is 79.9. The normalized spacial score (nSPS) is 19.7. The smallest absolute Gasteiger partial charge is 0.233 e. The molecular weight excluding hydrogens is 306 g/mol. The van der Waals surface area contributed by atoms with Crippen LogP contribution in [0.15, 0.2) is 30.3 Å². The molecule has 1 N–H and O–H groups in total. The van der Waals surface area contributed by atoms with Crippen molar-refractivity contribution in [3.8, 4) is 0 Å². The van der Waals surface area contributed by atoms with Gasteiger partial charge in [-0.25, -0.2) is 0 Å². The zero-order chi connectivity index (χ0) is 13.7. The summed E-state index contributed by atoms with van der Waals surface area (Å²) in [7, 11) is 0. The zero-order valence-electron chi connectivity index (χ0n) is 11.2. The van der Waals surface area contributed by atoms with Gasteiger partial charge in [0.25, 0.3) is 0 Å². The Morgan fingerprint density at radius 3 is 2.58 bits per heavy atom. The lowest BCUT2D eigenvalue weighted by molar-refractivity contribution is -0.120. The largest absolute Gasteiger partial charge is 0.381 e. The molecule has 104 valence electrons. The van der Waals surface area contributed by atoms with Gasteiger partial charge in [0.1, 0.15) is 0 Å². The number of hydrogen-bond donors (Lipinski definition) is 1. The molecule has 0 radical (unpaired) electrons. The minimum atomic E-state index is -0.153. The van der Waals surface area contributed by atoms with Crippen LogP contribution >= 0.6 is 15.9 Å². The maximum atomic E-state index is 11.8. The molecule has 3 nitrogen and oxygen atoms in total. The molecule has 1 heterocycles. The molecule has 0 saturated carbocycles. The molecule has 1 aliphatic heterocycles. The first-order chi connectivity index (χ1) is 9.14. The lowest BCUT2D eigenvalue weighted by Gasteiger charge is -2.38. The molecule has 0 aromatic heterocycles. The van der Waals surface area contributed by atoms with Gasteiger partial charge >= 0.3 is 0 Å². The number of halogens is 1. The van der Waals surface area contributed by atoms with Crippen molar-refractivity contribution in [2.45, 2.75) is 30.0 Å². The number of benzene rings is 1. The van der Waals surface area contributed by atoms with Gasteiger partial charge in [0.15, 0.2) is 0 Å². The molecule has 0 aliphatic carbocycles.